The first-order valence-electron chi connectivity index (χ1n) is 14.3. The van der Waals surface area contributed by atoms with Gasteiger partial charge in [-0.2, -0.15) is 10.2 Å². The van der Waals surface area contributed by atoms with E-state index >= 15 is 0 Å². The second-order valence-electron chi connectivity index (χ2n) is 11.1. The summed E-state index contributed by atoms with van der Waals surface area (Å²) in [6.07, 6.45) is 1.45. The lowest BCUT2D eigenvalue weighted by Gasteiger charge is -2.26. The summed E-state index contributed by atoms with van der Waals surface area (Å²) in [6.45, 7) is 6.36. The molecule has 0 aliphatic rings. The number of phenols is 1. The van der Waals surface area contributed by atoms with Crippen LogP contribution in [-0.2, 0) is 25.6 Å². The first kappa shape index (κ1) is 35.5. The van der Waals surface area contributed by atoms with Gasteiger partial charge in [0.2, 0.25) is 0 Å². The second kappa shape index (κ2) is 17.4. The minimum absolute atomic E-state index is 0.0458. The van der Waals surface area contributed by atoms with Gasteiger partial charge in [-0.05, 0) is 69.5 Å². The van der Waals surface area contributed by atoms with E-state index in [4.69, 9.17) is 9.47 Å². The van der Waals surface area contributed by atoms with Crippen molar-refractivity contribution < 1.29 is 38.5 Å². The molecular formula is C31H43N5O8. The average molecular weight is 614 g/mol. The number of methoxy groups -OCH3 is 1. The Kier molecular flexibility index (Phi) is 14.1. The number of carbonyl (C=O) groups is 4. The Bertz CT molecular complexity index is 1290. The van der Waals surface area contributed by atoms with Crippen LogP contribution >= 0.6 is 0 Å². The molecule has 0 radical (unpaired) electrons. The van der Waals surface area contributed by atoms with Gasteiger partial charge in [-0.3, -0.25) is 9.59 Å². The van der Waals surface area contributed by atoms with Gasteiger partial charge in [0.15, 0.2) is 0 Å². The predicted octanol–water partition coefficient (Wildman–Crippen LogP) is 5.71. The number of likely N-dealkylation sites (N-methyl/N-ethyl adjacent to an activating group) is 2. The molecule has 240 valence electrons. The Morgan fingerprint density at radius 2 is 1.48 bits per heavy atom. The average Bonchev–Trinajstić information content (AvgIpc) is 2.98. The van der Waals surface area contributed by atoms with Crippen LogP contribution in [0.3, 0.4) is 0 Å². The lowest BCUT2D eigenvalue weighted by atomic mass is 10.1. The summed E-state index contributed by atoms with van der Waals surface area (Å²) < 4.78 is 15.3. The van der Waals surface area contributed by atoms with E-state index in [0.717, 1.165) is 12.0 Å². The molecule has 0 fully saturated rings. The van der Waals surface area contributed by atoms with Gasteiger partial charge in [0, 0.05) is 40.2 Å². The number of esters is 1. The monoisotopic (exact) mass is 613 g/mol. The largest absolute Gasteiger partial charge is 0.507 e. The number of hydrogen-bond acceptors (Lipinski definition) is 10. The second-order valence-corrected chi connectivity index (χ2v) is 11.1. The fraction of sp³-hybridized carbons (Fsp3) is 0.484. The van der Waals surface area contributed by atoms with E-state index in [0.29, 0.717) is 37.2 Å². The maximum atomic E-state index is 12.5. The highest BCUT2D eigenvalue weighted by molar-refractivity contribution is 5.97. The summed E-state index contributed by atoms with van der Waals surface area (Å²) in [4.78, 5) is 50.9. The molecule has 2 aromatic rings. The maximum absolute atomic E-state index is 12.5. The van der Waals surface area contributed by atoms with E-state index in [1.165, 1.54) is 35.1 Å². The van der Waals surface area contributed by atoms with Gasteiger partial charge in [0.05, 0.1) is 24.0 Å². The topological polar surface area (TPSA) is 159 Å². The third-order valence-corrected chi connectivity index (χ3v) is 6.16. The van der Waals surface area contributed by atoms with Crippen LogP contribution in [0.25, 0.3) is 0 Å². The minimum Gasteiger partial charge on any atom is -0.507 e. The predicted molar refractivity (Wildman–Crippen MR) is 163 cm³/mol. The molecule has 0 heterocycles. The van der Waals surface area contributed by atoms with Crippen LogP contribution < -0.4 is 5.32 Å². The highest BCUT2D eigenvalue weighted by Crippen LogP contribution is 2.25. The summed E-state index contributed by atoms with van der Waals surface area (Å²) in [5.41, 5.74) is 1.13. The van der Waals surface area contributed by atoms with E-state index < -0.39 is 23.7 Å². The van der Waals surface area contributed by atoms with Crippen molar-refractivity contribution in [2.45, 2.75) is 58.7 Å². The molecule has 0 saturated carbocycles. The number of azo groups is 1. The fourth-order valence-electron chi connectivity index (χ4n) is 3.59. The van der Waals surface area contributed by atoms with Crippen LogP contribution in [0.2, 0.25) is 0 Å². The summed E-state index contributed by atoms with van der Waals surface area (Å²) in [7, 11) is 4.54. The molecule has 13 nitrogen and oxygen atoms in total. The third kappa shape index (κ3) is 13.1. The van der Waals surface area contributed by atoms with Crippen LogP contribution in [-0.4, -0.2) is 85.4 Å². The van der Waals surface area contributed by atoms with E-state index in [9.17, 15) is 24.3 Å². The molecule has 0 aromatic heterocycles. The van der Waals surface area contributed by atoms with Crippen LogP contribution in [0.15, 0.2) is 52.7 Å². The Labute approximate surface area is 258 Å². The highest BCUT2D eigenvalue weighted by atomic mass is 16.6. The number of unbranched alkanes of at least 4 members (excludes halogenated alkanes) is 2. The summed E-state index contributed by atoms with van der Waals surface area (Å²) in [5, 5.41) is 21.2. The molecule has 0 unspecified atom stereocenters. The minimum atomic E-state index is -0.601. The number of nitrogens with zero attached hydrogens (tertiary/aromatic N) is 4. The lowest BCUT2D eigenvalue weighted by Crippen LogP contribution is -2.40. The highest BCUT2D eigenvalue weighted by Gasteiger charge is 2.20. The molecule has 0 bridgehead atoms. The molecule has 2 aromatic carbocycles. The van der Waals surface area contributed by atoms with E-state index in [2.05, 4.69) is 20.3 Å². The van der Waals surface area contributed by atoms with Crippen LogP contribution in [0.5, 0.6) is 5.75 Å². The number of ether oxygens (including phenoxy) is 3. The molecule has 44 heavy (non-hydrogen) atoms. The number of nitrogens with one attached hydrogen (secondary N) is 1. The molecular weight excluding hydrogens is 570 g/mol. The standard InChI is InChI=1S/C31H43N5O8/c1-31(2,3)44-30(41)36(5)19-18-35(4)29(40)43-21-22-11-13-23(14-12-22)33-34-24-15-16-26(37)25(20-24)28(39)32-17-9-7-8-10-27(38)42-6/h11-16,20,37H,7-10,17-19,21H2,1-6H3,(H,32,39). The van der Waals surface area contributed by atoms with Crippen molar-refractivity contribution in [2.75, 3.05) is 40.8 Å². The normalized spacial score (nSPS) is 11.1. The number of rotatable bonds is 14. The number of phenolic OH excluding ortho intramolecular Hbond substituents is 1. The smallest absolute Gasteiger partial charge is 0.410 e. The number of benzene rings is 2. The summed E-state index contributed by atoms with van der Waals surface area (Å²) in [5.74, 6) is -0.872. The molecule has 0 spiro atoms. The van der Waals surface area contributed by atoms with Crippen LogP contribution in [0, 0.1) is 0 Å². The molecule has 0 saturated heterocycles. The summed E-state index contributed by atoms with van der Waals surface area (Å²) >= 11 is 0. The number of amides is 3. The quantitative estimate of drug-likeness (QED) is 0.119. The van der Waals surface area contributed by atoms with Crippen molar-refractivity contribution in [1.82, 2.24) is 15.1 Å². The van der Waals surface area contributed by atoms with Crippen molar-refractivity contribution in [3.63, 3.8) is 0 Å². The third-order valence-electron chi connectivity index (χ3n) is 6.16. The number of carbonyl (C=O) groups excluding carboxylic acids is 4. The lowest BCUT2D eigenvalue weighted by molar-refractivity contribution is -0.140. The Balaban J connectivity index is 1.81. The first-order valence-corrected chi connectivity index (χ1v) is 14.3. The van der Waals surface area contributed by atoms with Gasteiger partial charge in [-0.25, -0.2) is 9.59 Å². The van der Waals surface area contributed by atoms with E-state index in [1.54, 1.807) is 59.1 Å². The molecule has 2 rings (SSSR count). The first-order chi connectivity index (χ1) is 20.8. The number of hydrogen-bond donors (Lipinski definition) is 2. The molecule has 0 aliphatic heterocycles. The number of aromatic hydroxyl groups is 1. The Hall–Kier alpha value is -4.68. The Morgan fingerprint density at radius 3 is 2.11 bits per heavy atom. The van der Waals surface area contributed by atoms with Gasteiger partial charge in [-0.15, -0.1) is 0 Å². The molecule has 0 aliphatic carbocycles. The van der Waals surface area contributed by atoms with E-state index in [-0.39, 0.29) is 37.0 Å². The Morgan fingerprint density at radius 1 is 0.864 bits per heavy atom. The SMILES string of the molecule is COC(=O)CCCCCNC(=O)c1cc(N=Nc2ccc(COC(=O)N(C)CCN(C)C(=O)OC(C)(C)C)cc2)ccc1O. The van der Waals surface area contributed by atoms with Crippen molar-refractivity contribution >= 4 is 35.4 Å². The van der Waals surface area contributed by atoms with Gasteiger partial charge < -0.3 is 34.4 Å². The van der Waals surface area contributed by atoms with Gasteiger partial charge in [0.1, 0.15) is 18.0 Å². The van der Waals surface area contributed by atoms with Crippen molar-refractivity contribution in [3.8, 4) is 5.75 Å². The molecule has 2 N–H and O–H groups in total. The van der Waals surface area contributed by atoms with Crippen LogP contribution in [0.1, 0.15) is 62.4 Å². The van der Waals surface area contributed by atoms with Gasteiger partial charge >= 0.3 is 18.2 Å². The zero-order valence-electron chi connectivity index (χ0n) is 26.3. The fourth-order valence-corrected chi connectivity index (χ4v) is 3.59. The molecule has 13 heteroatoms. The van der Waals surface area contributed by atoms with Crippen LogP contribution in [0.4, 0.5) is 21.0 Å². The zero-order valence-corrected chi connectivity index (χ0v) is 26.3. The maximum Gasteiger partial charge on any atom is 0.410 e. The zero-order chi connectivity index (χ0) is 32.7. The molecule has 3 amide bonds. The van der Waals surface area contributed by atoms with E-state index in [1.807, 2.05) is 0 Å². The summed E-state index contributed by atoms with van der Waals surface area (Å²) in [6, 6.07) is 11.3. The van der Waals surface area contributed by atoms with Crippen molar-refractivity contribution in [2.24, 2.45) is 10.2 Å². The van der Waals surface area contributed by atoms with Gasteiger partial charge in [0.25, 0.3) is 5.91 Å². The van der Waals surface area contributed by atoms with Gasteiger partial charge in [-0.1, -0.05) is 18.6 Å². The van der Waals surface area contributed by atoms with Crippen molar-refractivity contribution in [1.29, 1.82) is 0 Å². The van der Waals surface area contributed by atoms with Crippen molar-refractivity contribution in [3.05, 3.63) is 53.6 Å². The molecule has 0 atom stereocenters.